The van der Waals surface area contributed by atoms with E-state index in [1.807, 2.05) is 6.92 Å². The Morgan fingerprint density at radius 2 is 1.75 bits per heavy atom. The van der Waals surface area contributed by atoms with Crippen molar-refractivity contribution < 1.29 is 22.4 Å². The highest BCUT2D eigenvalue weighted by Crippen LogP contribution is 2.44. The van der Waals surface area contributed by atoms with Gasteiger partial charge in [0.15, 0.2) is 17.3 Å². The molecule has 0 atom stereocenters. The van der Waals surface area contributed by atoms with Crippen LogP contribution in [-0.2, 0) is 16.4 Å². The van der Waals surface area contributed by atoms with Crippen molar-refractivity contribution >= 4 is 15.7 Å². The number of hydrogen-bond acceptors (Lipinski definition) is 6. The van der Waals surface area contributed by atoms with Crippen molar-refractivity contribution in [2.24, 2.45) is 0 Å². The number of methoxy groups -OCH3 is 2. The van der Waals surface area contributed by atoms with Gasteiger partial charge in [-0.3, -0.25) is 4.31 Å². The molecule has 0 unspecified atom stereocenters. The number of benzene rings is 2. The quantitative estimate of drug-likeness (QED) is 0.667. The Hall–Kier alpha value is -3.00. The molecule has 2 heterocycles. The average molecular weight is 400 g/mol. The van der Waals surface area contributed by atoms with E-state index in [1.54, 1.807) is 42.6 Å². The number of sulfonamides is 1. The van der Waals surface area contributed by atoms with Gasteiger partial charge in [-0.2, -0.15) is 0 Å². The number of ether oxygens (including phenoxy) is 2. The monoisotopic (exact) mass is 400 g/mol. The van der Waals surface area contributed by atoms with Crippen LogP contribution < -0.4 is 13.8 Å². The molecule has 8 heteroatoms. The molecule has 0 saturated heterocycles. The van der Waals surface area contributed by atoms with Gasteiger partial charge in [0.2, 0.25) is 0 Å². The molecule has 0 N–H and O–H groups in total. The summed E-state index contributed by atoms with van der Waals surface area (Å²) < 4.78 is 44.5. The third-order valence-electron chi connectivity index (χ3n) is 4.85. The second kappa shape index (κ2) is 6.87. The highest BCUT2D eigenvalue weighted by molar-refractivity contribution is 7.92. The lowest BCUT2D eigenvalue weighted by Gasteiger charge is -2.25. The highest BCUT2D eigenvalue weighted by Gasteiger charge is 2.33. The third kappa shape index (κ3) is 2.90. The molecule has 0 radical (unpaired) electrons. The van der Waals surface area contributed by atoms with Crippen molar-refractivity contribution in [2.45, 2.75) is 18.2 Å². The van der Waals surface area contributed by atoms with Gasteiger partial charge in [-0.05, 0) is 31.5 Å². The average Bonchev–Trinajstić information content (AvgIpc) is 3.10. The fourth-order valence-electron chi connectivity index (χ4n) is 3.35. The highest BCUT2D eigenvalue weighted by atomic mass is 32.2. The van der Waals surface area contributed by atoms with Crippen LogP contribution in [0, 0.1) is 6.92 Å². The summed E-state index contributed by atoms with van der Waals surface area (Å²) in [6.45, 7) is 2.17. The van der Waals surface area contributed by atoms with Crippen LogP contribution in [0.3, 0.4) is 0 Å². The first-order valence-corrected chi connectivity index (χ1v) is 10.2. The van der Waals surface area contributed by atoms with Crippen molar-refractivity contribution in [1.82, 2.24) is 5.16 Å². The Bertz CT molecular complexity index is 1120. The van der Waals surface area contributed by atoms with E-state index in [2.05, 4.69) is 5.16 Å². The summed E-state index contributed by atoms with van der Waals surface area (Å²) in [5.41, 5.74) is 2.90. The van der Waals surface area contributed by atoms with Crippen LogP contribution in [0.4, 0.5) is 5.69 Å². The minimum atomic E-state index is -3.78. The van der Waals surface area contributed by atoms with Crippen molar-refractivity contribution in [3.63, 3.8) is 0 Å². The van der Waals surface area contributed by atoms with Crippen molar-refractivity contribution in [3.8, 4) is 22.8 Å². The summed E-state index contributed by atoms with van der Waals surface area (Å²) >= 11 is 0. The van der Waals surface area contributed by atoms with Crippen LogP contribution >= 0.6 is 0 Å². The van der Waals surface area contributed by atoms with E-state index in [9.17, 15) is 8.42 Å². The van der Waals surface area contributed by atoms with Crippen LogP contribution in [0.15, 0.2) is 52.0 Å². The minimum Gasteiger partial charge on any atom is -0.493 e. The van der Waals surface area contributed by atoms with Crippen molar-refractivity contribution in [3.05, 3.63) is 53.7 Å². The first-order chi connectivity index (χ1) is 13.5. The molecular weight excluding hydrogens is 380 g/mol. The number of fused-ring (bicyclic) bond motifs is 3. The predicted octanol–water partition coefficient (Wildman–Crippen LogP) is 3.42. The van der Waals surface area contributed by atoms with E-state index >= 15 is 0 Å². The maximum atomic E-state index is 13.4. The van der Waals surface area contributed by atoms with Gasteiger partial charge in [-0.15, -0.1) is 0 Å². The summed E-state index contributed by atoms with van der Waals surface area (Å²) in [5, 5.41) is 3.88. The normalized spacial score (nSPS) is 13.5. The lowest BCUT2D eigenvalue weighted by molar-refractivity contribution is 0.355. The Balaban J connectivity index is 1.94. The number of nitrogens with zero attached hydrogens (tertiary/aromatic N) is 2. The molecule has 1 aliphatic heterocycles. The summed E-state index contributed by atoms with van der Waals surface area (Å²) in [6.07, 6.45) is 2.10. The second-order valence-electron chi connectivity index (χ2n) is 6.54. The van der Waals surface area contributed by atoms with E-state index in [4.69, 9.17) is 14.0 Å². The van der Waals surface area contributed by atoms with Gasteiger partial charge < -0.3 is 14.0 Å². The minimum absolute atomic E-state index is 0.232. The molecule has 0 bridgehead atoms. The third-order valence-corrected chi connectivity index (χ3v) is 6.68. The topological polar surface area (TPSA) is 81.9 Å². The van der Waals surface area contributed by atoms with Gasteiger partial charge in [0.05, 0.1) is 31.0 Å². The first-order valence-electron chi connectivity index (χ1n) is 8.75. The van der Waals surface area contributed by atoms with Gasteiger partial charge in [0, 0.05) is 23.7 Å². The number of aromatic nitrogens is 1. The van der Waals surface area contributed by atoms with E-state index in [1.165, 1.54) is 18.5 Å². The molecule has 4 rings (SSSR count). The van der Waals surface area contributed by atoms with Crippen LogP contribution in [0.2, 0.25) is 0 Å². The molecule has 0 saturated carbocycles. The van der Waals surface area contributed by atoms with Crippen LogP contribution in [-0.4, -0.2) is 34.3 Å². The Morgan fingerprint density at radius 3 is 2.43 bits per heavy atom. The fourth-order valence-corrected chi connectivity index (χ4v) is 4.82. The summed E-state index contributed by atoms with van der Waals surface area (Å²) in [6, 6.07) is 10.2. The Labute approximate surface area is 163 Å². The lowest BCUT2D eigenvalue weighted by Crippen LogP contribution is -2.32. The molecular formula is C20H20N2O5S. The van der Waals surface area contributed by atoms with Gasteiger partial charge in [0.1, 0.15) is 0 Å². The predicted molar refractivity (Wildman–Crippen MR) is 104 cm³/mol. The van der Waals surface area contributed by atoms with Crippen LogP contribution in [0.25, 0.3) is 11.3 Å². The van der Waals surface area contributed by atoms with Gasteiger partial charge in [-0.25, -0.2) is 8.42 Å². The lowest BCUT2D eigenvalue weighted by atomic mass is 10.1. The maximum absolute atomic E-state index is 13.4. The summed E-state index contributed by atoms with van der Waals surface area (Å²) in [7, 11) is -0.736. The summed E-state index contributed by atoms with van der Waals surface area (Å²) in [4.78, 5) is 0.232. The first kappa shape index (κ1) is 18.4. The van der Waals surface area contributed by atoms with E-state index in [0.717, 1.165) is 11.1 Å². The molecule has 0 fully saturated rings. The van der Waals surface area contributed by atoms with E-state index in [-0.39, 0.29) is 11.4 Å². The Morgan fingerprint density at radius 1 is 1.07 bits per heavy atom. The molecule has 3 aromatic rings. The fraction of sp³-hybridized carbons (Fsp3) is 0.250. The molecule has 28 heavy (non-hydrogen) atoms. The number of anilines is 1. The molecule has 2 aromatic carbocycles. The maximum Gasteiger partial charge on any atom is 0.264 e. The number of hydrogen-bond donors (Lipinski definition) is 0. The zero-order valence-electron chi connectivity index (χ0n) is 15.8. The SMILES string of the molecule is COc1cc2c(cc1OC)N(S(=O)(=O)c1ccc(C)cc1)CCc1cnoc1-2. The second-order valence-corrected chi connectivity index (χ2v) is 8.41. The molecule has 146 valence electrons. The van der Waals surface area contributed by atoms with Crippen LogP contribution in [0.1, 0.15) is 11.1 Å². The van der Waals surface area contributed by atoms with Gasteiger partial charge in [-0.1, -0.05) is 22.9 Å². The molecule has 0 aliphatic carbocycles. The van der Waals surface area contributed by atoms with Gasteiger partial charge >= 0.3 is 0 Å². The zero-order chi connectivity index (χ0) is 19.9. The van der Waals surface area contributed by atoms with E-state index < -0.39 is 10.0 Å². The van der Waals surface area contributed by atoms with Crippen molar-refractivity contribution in [1.29, 1.82) is 0 Å². The molecule has 1 aliphatic rings. The van der Waals surface area contributed by atoms with Crippen molar-refractivity contribution in [2.75, 3.05) is 25.1 Å². The molecule has 0 amide bonds. The standard InChI is InChI=1S/C20H20N2O5S/c1-13-4-6-15(7-5-13)28(23,24)22-9-8-14-12-21-27-20(14)16-10-18(25-2)19(26-3)11-17(16)22/h4-7,10-12H,8-9H2,1-3H3. The Kier molecular flexibility index (Phi) is 4.50. The largest absolute Gasteiger partial charge is 0.493 e. The smallest absolute Gasteiger partial charge is 0.264 e. The molecule has 0 spiro atoms. The molecule has 1 aromatic heterocycles. The number of aryl methyl sites for hydroxylation is 1. The van der Waals surface area contributed by atoms with E-state index in [0.29, 0.717) is 34.9 Å². The number of rotatable bonds is 4. The van der Waals surface area contributed by atoms with Crippen LogP contribution in [0.5, 0.6) is 11.5 Å². The zero-order valence-corrected chi connectivity index (χ0v) is 16.6. The van der Waals surface area contributed by atoms with Gasteiger partial charge in [0.25, 0.3) is 10.0 Å². The summed E-state index contributed by atoms with van der Waals surface area (Å²) in [5.74, 6) is 1.46. The molecule has 7 nitrogen and oxygen atoms in total.